The van der Waals surface area contributed by atoms with Crippen LogP contribution in [0.15, 0.2) is 31.1 Å². The van der Waals surface area contributed by atoms with E-state index in [4.69, 9.17) is 0 Å². The van der Waals surface area contributed by atoms with Crippen LogP contribution in [0.5, 0.6) is 0 Å². The maximum atomic E-state index is 4.07. The standard InChI is InChI=1S/C8H10N2/c1-3-7(2)8-9-5-4-6-10-8/h3-7H,1H2,2H3. The lowest BCUT2D eigenvalue weighted by atomic mass is 10.2. The fourth-order valence-corrected chi connectivity index (χ4v) is 0.651. The highest BCUT2D eigenvalue weighted by Gasteiger charge is 2.00. The van der Waals surface area contributed by atoms with Crippen LogP contribution >= 0.6 is 0 Å². The van der Waals surface area contributed by atoms with Crippen molar-refractivity contribution in [3.8, 4) is 0 Å². The molecule has 1 heterocycles. The molecule has 1 atom stereocenters. The van der Waals surface area contributed by atoms with Crippen LogP contribution in [-0.2, 0) is 0 Å². The van der Waals surface area contributed by atoms with Crippen LogP contribution in [0.2, 0.25) is 0 Å². The zero-order valence-corrected chi connectivity index (χ0v) is 5.99. The van der Waals surface area contributed by atoms with Gasteiger partial charge in [-0.05, 0) is 6.07 Å². The number of hydrogen-bond donors (Lipinski definition) is 0. The zero-order chi connectivity index (χ0) is 7.40. The van der Waals surface area contributed by atoms with Crippen molar-refractivity contribution in [2.75, 3.05) is 0 Å². The van der Waals surface area contributed by atoms with Crippen LogP contribution < -0.4 is 0 Å². The highest BCUT2D eigenvalue weighted by molar-refractivity contribution is 5.02. The summed E-state index contributed by atoms with van der Waals surface area (Å²) >= 11 is 0. The molecule has 0 bridgehead atoms. The maximum Gasteiger partial charge on any atom is 0.134 e. The third kappa shape index (κ3) is 1.41. The minimum atomic E-state index is 0.251. The number of aromatic nitrogens is 2. The molecule has 0 aliphatic rings. The smallest absolute Gasteiger partial charge is 0.134 e. The third-order valence-corrected chi connectivity index (χ3v) is 1.35. The summed E-state index contributed by atoms with van der Waals surface area (Å²) < 4.78 is 0. The minimum Gasteiger partial charge on any atom is -0.241 e. The molecule has 0 saturated heterocycles. The number of allylic oxidation sites excluding steroid dienone is 1. The molecule has 10 heavy (non-hydrogen) atoms. The molecule has 0 aliphatic heterocycles. The number of hydrogen-bond acceptors (Lipinski definition) is 2. The van der Waals surface area contributed by atoms with Crippen molar-refractivity contribution in [1.82, 2.24) is 9.97 Å². The Morgan fingerprint density at radius 2 is 2.10 bits per heavy atom. The van der Waals surface area contributed by atoms with Crippen molar-refractivity contribution in [3.05, 3.63) is 36.9 Å². The summed E-state index contributed by atoms with van der Waals surface area (Å²) in [5.41, 5.74) is 0. The molecular formula is C8H10N2. The minimum absolute atomic E-state index is 0.251. The molecular weight excluding hydrogens is 124 g/mol. The molecule has 0 amide bonds. The van der Waals surface area contributed by atoms with E-state index in [1.54, 1.807) is 18.5 Å². The Bertz CT molecular complexity index is 206. The highest BCUT2D eigenvalue weighted by atomic mass is 14.9. The van der Waals surface area contributed by atoms with E-state index in [0.29, 0.717) is 0 Å². The molecule has 2 nitrogen and oxygen atoms in total. The number of rotatable bonds is 2. The molecule has 52 valence electrons. The summed E-state index contributed by atoms with van der Waals surface area (Å²) in [6, 6.07) is 1.80. The molecule has 1 aromatic rings. The van der Waals surface area contributed by atoms with Gasteiger partial charge in [-0.25, -0.2) is 9.97 Å². The van der Waals surface area contributed by atoms with Gasteiger partial charge < -0.3 is 0 Å². The van der Waals surface area contributed by atoms with E-state index < -0.39 is 0 Å². The van der Waals surface area contributed by atoms with E-state index in [2.05, 4.69) is 16.5 Å². The second kappa shape index (κ2) is 3.11. The molecule has 0 spiro atoms. The van der Waals surface area contributed by atoms with Crippen LogP contribution in [0, 0.1) is 0 Å². The van der Waals surface area contributed by atoms with Crippen molar-refractivity contribution in [2.24, 2.45) is 0 Å². The quantitative estimate of drug-likeness (QED) is 0.576. The first-order valence-electron chi connectivity index (χ1n) is 3.24. The first kappa shape index (κ1) is 6.93. The maximum absolute atomic E-state index is 4.07. The van der Waals surface area contributed by atoms with Crippen LogP contribution in [0.25, 0.3) is 0 Å². The average molecular weight is 134 g/mol. The lowest BCUT2D eigenvalue weighted by Crippen LogP contribution is -1.95. The molecule has 0 radical (unpaired) electrons. The van der Waals surface area contributed by atoms with Crippen molar-refractivity contribution in [1.29, 1.82) is 0 Å². The highest BCUT2D eigenvalue weighted by Crippen LogP contribution is 2.07. The summed E-state index contributed by atoms with van der Waals surface area (Å²) in [5.74, 6) is 1.08. The van der Waals surface area contributed by atoms with Crippen molar-refractivity contribution < 1.29 is 0 Å². The summed E-state index contributed by atoms with van der Waals surface area (Å²) in [6.07, 6.45) is 5.31. The van der Waals surface area contributed by atoms with Crippen LogP contribution in [0.3, 0.4) is 0 Å². The van der Waals surface area contributed by atoms with E-state index in [1.807, 2.05) is 13.0 Å². The van der Waals surface area contributed by atoms with Gasteiger partial charge in [0.15, 0.2) is 0 Å². The van der Waals surface area contributed by atoms with Gasteiger partial charge in [0.1, 0.15) is 5.82 Å². The van der Waals surface area contributed by atoms with E-state index in [-0.39, 0.29) is 5.92 Å². The zero-order valence-electron chi connectivity index (χ0n) is 5.99. The Balaban J connectivity index is 2.84. The Hall–Kier alpha value is -1.18. The van der Waals surface area contributed by atoms with Crippen molar-refractivity contribution >= 4 is 0 Å². The predicted molar refractivity (Wildman–Crippen MR) is 40.6 cm³/mol. The number of nitrogens with zero attached hydrogens (tertiary/aromatic N) is 2. The molecule has 1 aromatic heterocycles. The fourth-order valence-electron chi connectivity index (χ4n) is 0.651. The van der Waals surface area contributed by atoms with Gasteiger partial charge in [-0.1, -0.05) is 13.0 Å². The van der Waals surface area contributed by atoms with E-state index in [1.165, 1.54) is 0 Å². The first-order chi connectivity index (χ1) is 4.84. The second-order valence-electron chi connectivity index (χ2n) is 2.13. The van der Waals surface area contributed by atoms with Crippen LogP contribution in [0.4, 0.5) is 0 Å². The van der Waals surface area contributed by atoms with Gasteiger partial charge in [0.2, 0.25) is 0 Å². The molecule has 0 aliphatic carbocycles. The van der Waals surface area contributed by atoms with Crippen molar-refractivity contribution in [3.63, 3.8) is 0 Å². The van der Waals surface area contributed by atoms with Crippen LogP contribution in [-0.4, -0.2) is 9.97 Å². The van der Waals surface area contributed by atoms with Gasteiger partial charge in [0.25, 0.3) is 0 Å². The third-order valence-electron chi connectivity index (χ3n) is 1.35. The molecule has 1 unspecified atom stereocenters. The van der Waals surface area contributed by atoms with Gasteiger partial charge in [0.05, 0.1) is 0 Å². The van der Waals surface area contributed by atoms with Crippen LogP contribution in [0.1, 0.15) is 18.7 Å². The topological polar surface area (TPSA) is 25.8 Å². The SMILES string of the molecule is C=CC(C)c1ncccn1. The van der Waals surface area contributed by atoms with E-state index in [0.717, 1.165) is 5.82 Å². The Labute approximate surface area is 60.6 Å². The van der Waals surface area contributed by atoms with E-state index >= 15 is 0 Å². The summed E-state index contributed by atoms with van der Waals surface area (Å²) in [7, 11) is 0. The first-order valence-corrected chi connectivity index (χ1v) is 3.24. The molecule has 0 aromatic carbocycles. The van der Waals surface area contributed by atoms with Gasteiger partial charge in [-0.3, -0.25) is 0 Å². The molecule has 0 fully saturated rings. The average Bonchev–Trinajstić information content (AvgIpc) is 2.05. The molecule has 0 N–H and O–H groups in total. The largest absolute Gasteiger partial charge is 0.241 e. The predicted octanol–water partition coefficient (Wildman–Crippen LogP) is 1.77. The van der Waals surface area contributed by atoms with E-state index in [9.17, 15) is 0 Å². The van der Waals surface area contributed by atoms with Gasteiger partial charge in [-0.2, -0.15) is 0 Å². The second-order valence-corrected chi connectivity index (χ2v) is 2.13. The Kier molecular flexibility index (Phi) is 2.15. The lowest BCUT2D eigenvalue weighted by Gasteiger charge is -2.00. The summed E-state index contributed by atoms with van der Waals surface area (Å²) in [5, 5.41) is 0. The summed E-state index contributed by atoms with van der Waals surface area (Å²) in [6.45, 7) is 5.67. The monoisotopic (exact) mass is 134 g/mol. The Morgan fingerprint density at radius 3 is 2.60 bits per heavy atom. The van der Waals surface area contributed by atoms with Gasteiger partial charge in [-0.15, -0.1) is 6.58 Å². The Morgan fingerprint density at radius 1 is 1.50 bits per heavy atom. The van der Waals surface area contributed by atoms with Crippen molar-refractivity contribution in [2.45, 2.75) is 12.8 Å². The normalized spacial score (nSPS) is 12.5. The van der Waals surface area contributed by atoms with Gasteiger partial charge in [0, 0.05) is 18.3 Å². The molecule has 2 heteroatoms. The molecule has 1 rings (SSSR count). The fraction of sp³-hybridized carbons (Fsp3) is 0.250. The molecule has 0 saturated carbocycles. The van der Waals surface area contributed by atoms with Gasteiger partial charge >= 0.3 is 0 Å². The lowest BCUT2D eigenvalue weighted by molar-refractivity contribution is 0.844. The summed E-state index contributed by atoms with van der Waals surface area (Å²) in [4.78, 5) is 8.13.